The normalized spacial score (nSPS) is 15.0. The van der Waals surface area contributed by atoms with Crippen LogP contribution >= 0.6 is 11.6 Å². The van der Waals surface area contributed by atoms with Gasteiger partial charge in [0.1, 0.15) is 6.33 Å². The number of aromatic amines is 1. The smallest absolute Gasteiger partial charge is 0.225 e. The Bertz CT molecular complexity index is 871. The Labute approximate surface area is 132 Å². The van der Waals surface area contributed by atoms with E-state index in [9.17, 15) is 0 Å². The monoisotopic (exact) mass is 312 g/mol. The summed E-state index contributed by atoms with van der Waals surface area (Å²) in [6.07, 6.45) is 4.40. The molecule has 5 nitrogen and oxygen atoms in total. The Morgan fingerprint density at radius 3 is 2.91 bits per heavy atom. The van der Waals surface area contributed by atoms with Crippen LogP contribution in [0.25, 0.3) is 27.9 Å². The minimum Gasteiger partial charge on any atom is -0.377 e. The van der Waals surface area contributed by atoms with Gasteiger partial charge >= 0.3 is 0 Å². The van der Waals surface area contributed by atoms with Gasteiger partial charge in [0.15, 0.2) is 5.82 Å². The van der Waals surface area contributed by atoms with E-state index < -0.39 is 0 Å². The molecule has 0 aliphatic carbocycles. The molecule has 4 rings (SSSR count). The van der Waals surface area contributed by atoms with Crippen molar-refractivity contribution in [3.8, 4) is 11.4 Å². The molecule has 1 N–H and O–H groups in total. The SMILES string of the molecule is Clc1ncnc(-c2c(C3=CCOCC3)[nH]c3ccccc23)n1. The van der Waals surface area contributed by atoms with Crippen LogP contribution in [0.3, 0.4) is 0 Å². The molecule has 0 spiro atoms. The Balaban J connectivity index is 2.00. The van der Waals surface area contributed by atoms with Gasteiger partial charge < -0.3 is 9.72 Å². The van der Waals surface area contributed by atoms with Crippen molar-refractivity contribution in [2.75, 3.05) is 13.2 Å². The van der Waals surface area contributed by atoms with E-state index in [2.05, 4.69) is 32.1 Å². The molecule has 3 heterocycles. The van der Waals surface area contributed by atoms with Crippen molar-refractivity contribution in [1.29, 1.82) is 0 Å². The van der Waals surface area contributed by atoms with E-state index in [1.54, 1.807) is 0 Å². The molecule has 2 aromatic heterocycles. The zero-order valence-electron chi connectivity index (χ0n) is 11.7. The highest BCUT2D eigenvalue weighted by molar-refractivity contribution is 6.28. The van der Waals surface area contributed by atoms with Gasteiger partial charge in [0.25, 0.3) is 0 Å². The molecule has 0 amide bonds. The fourth-order valence-electron chi connectivity index (χ4n) is 2.77. The molecule has 0 bridgehead atoms. The van der Waals surface area contributed by atoms with Gasteiger partial charge in [-0.1, -0.05) is 24.3 Å². The van der Waals surface area contributed by atoms with Crippen LogP contribution in [-0.2, 0) is 4.74 Å². The van der Waals surface area contributed by atoms with E-state index in [1.165, 1.54) is 11.9 Å². The van der Waals surface area contributed by atoms with Crippen molar-refractivity contribution in [2.45, 2.75) is 6.42 Å². The molecule has 1 aliphatic heterocycles. The van der Waals surface area contributed by atoms with Crippen LogP contribution < -0.4 is 0 Å². The summed E-state index contributed by atoms with van der Waals surface area (Å²) in [7, 11) is 0. The molecule has 0 fully saturated rings. The van der Waals surface area contributed by atoms with Crippen molar-refractivity contribution < 1.29 is 4.74 Å². The fourth-order valence-corrected chi connectivity index (χ4v) is 2.89. The highest BCUT2D eigenvalue weighted by Gasteiger charge is 2.19. The van der Waals surface area contributed by atoms with Crippen molar-refractivity contribution >= 4 is 28.1 Å². The maximum atomic E-state index is 5.94. The second-order valence-corrected chi connectivity index (χ2v) is 5.39. The number of para-hydroxylation sites is 1. The van der Waals surface area contributed by atoms with Crippen LogP contribution in [0.1, 0.15) is 12.1 Å². The average molecular weight is 313 g/mol. The standard InChI is InChI=1S/C16H13ClN4O/c17-16-19-9-18-15(21-16)13-11-3-1-2-4-12(11)20-14(13)10-5-7-22-8-6-10/h1-5,9,20H,6-8H2. The lowest BCUT2D eigenvalue weighted by Crippen LogP contribution is -2.05. The van der Waals surface area contributed by atoms with E-state index in [0.717, 1.165) is 35.2 Å². The molecule has 22 heavy (non-hydrogen) atoms. The molecule has 0 atom stereocenters. The van der Waals surface area contributed by atoms with Crippen molar-refractivity contribution in [3.05, 3.63) is 47.6 Å². The number of hydrogen-bond acceptors (Lipinski definition) is 4. The number of aromatic nitrogens is 4. The van der Waals surface area contributed by atoms with Gasteiger partial charge in [-0.05, 0) is 29.7 Å². The predicted octanol–water partition coefficient (Wildman–Crippen LogP) is 3.48. The lowest BCUT2D eigenvalue weighted by molar-refractivity contribution is 0.161. The second kappa shape index (κ2) is 5.51. The molecule has 1 aliphatic rings. The van der Waals surface area contributed by atoms with Crippen LogP contribution in [0.2, 0.25) is 5.28 Å². The van der Waals surface area contributed by atoms with Crippen LogP contribution in [0, 0.1) is 0 Å². The van der Waals surface area contributed by atoms with Crippen LogP contribution in [0.5, 0.6) is 0 Å². The molecule has 0 unspecified atom stereocenters. The van der Waals surface area contributed by atoms with Crippen LogP contribution in [0.15, 0.2) is 36.7 Å². The minimum atomic E-state index is 0.196. The molecule has 1 aromatic carbocycles. The molecule has 0 radical (unpaired) electrons. The summed E-state index contributed by atoms with van der Waals surface area (Å²) in [5.41, 5.74) is 4.27. The number of rotatable bonds is 2. The molecule has 110 valence electrons. The van der Waals surface area contributed by atoms with Gasteiger partial charge in [-0.15, -0.1) is 0 Å². The molecule has 3 aromatic rings. The average Bonchev–Trinajstić information content (AvgIpc) is 2.95. The number of H-pyrrole nitrogens is 1. The van der Waals surface area contributed by atoms with E-state index in [4.69, 9.17) is 16.3 Å². The van der Waals surface area contributed by atoms with E-state index in [0.29, 0.717) is 12.4 Å². The first-order chi connectivity index (χ1) is 10.8. The van der Waals surface area contributed by atoms with E-state index in [-0.39, 0.29) is 5.28 Å². The lowest BCUT2D eigenvalue weighted by atomic mass is 10.0. The Hall–Kier alpha value is -2.24. The summed E-state index contributed by atoms with van der Waals surface area (Å²) >= 11 is 5.94. The quantitative estimate of drug-likeness (QED) is 0.787. The molecule has 0 saturated heterocycles. The minimum absolute atomic E-state index is 0.196. The summed E-state index contributed by atoms with van der Waals surface area (Å²) in [6, 6.07) is 8.11. The number of hydrogen-bond donors (Lipinski definition) is 1. The van der Waals surface area contributed by atoms with Crippen LogP contribution in [0.4, 0.5) is 0 Å². The molecular weight excluding hydrogens is 300 g/mol. The Kier molecular flexibility index (Phi) is 3.36. The van der Waals surface area contributed by atoms with Gasteiger partial charge in [0.05, 0.1) is 24.5 Å². The summed E-state index contributed by atoms with van der Waals surface area (Å²) in [5, 5.41) is 1.27. The second-order valence-electron chi connectivity index (χ2n) is 5.05. The van der Waals surface area contributed by atoms with Gasteiger partial charge in [-0.25, -0.2) is 9.97 Å². The number of nitrogens with one attached hydrogen (secondary N) is 1. The van der Waals surface area contributed by atoms with Crippen LogP contribution in [-0.4, -0.2) is 33.1 Å². The van der Waals surface area contributed by atoms with Gasteiger partial charge in [0.2, 0.25) is 5.28 Å². The number of halogens is 1. The maximum Gasteiger partial charge on any atom is 0.225 e. The topological polar surface area (TPSA) is 63.7 Å². The van der Waals surface area contributed by atoms with Gasteiger partial charge in [-0.2, -0.15) is 4.98 Å². The third-order valence-corrected chi connectivity index (χ3v) is 3.94. The maximum absolute atomic E-state index is 5.94. The van der Waals surface area contributed by atoms with Gasteiger partial charge in [-0.3, -0.25) is 0 Å². The van der Waals surface area contributed by atoms with Gasteiger partial charge in [0, 0.05) is 10.9 Å². The number of fused-ring (bicyclic) bond motifs is 1. The first kappa shape index (κ1) is 13.4. The third-order valence-electron chi connectivity index (χ3n) is 3.76. The fraction of sp³-hybridized carbons (Fsp3) is 0.188. The molecule has 6 heteroatoms. The lowest BCUT2D eigenvalue weighted by Gasteiger charge is -2.13. The predicted molar refractivity (Wildman–Crippen MR) is 85.5 cm³/mol. The third kappa shape index (κ3) is 2.28. The highest BCUT2D eigenvalue weighted by atomic mass is 35.5. The summed E-state index contributed by atoms with van der Waals surface area (Å²) in [6.45, 7) is 1.35. The zero-order chi connectivity index (χ0) is 14.9. The molecule has 0 saturated carbocycles. The number of ether oxygens (including phenoxy) is 1. The first-order valence-corrected chi connectivity index (χ1v) is 7.43. The van der Waals surface area contributed by atoms with Crippen molar-refractivity contribution in [3.63, 3.8) is 0 Å². The summed E-state index contributed by atoms with van der Waals surface area (Å²) in [5.74, 6) is 0.583. The highest BCUT2D eigenvalue weighted by Crippen LogP contribution is 2.36. The summed E-state index contributed by atoms with van der Waals surface area (Å²) in [4.78, 5) is 15.9. The zero-order valence-corrected chi connectivity index (χ0v) is 12.5. The van der Waals surface area contributed by atoms with E-state index in [1.807, 2.05) is 18.2 Å². The first-order valence-electron chi connectivity index (χ1n) is 7.05. The number of benzene rings is 1. The molecular formula is C16H13ClN4O. The van der Waals surface area contributed by atoms with Crippen molar-refractivity contribution in [2.24, 2.45) is 0 Å². The van der Waals surface area contributed by atoms with E-state index >= 15 is 0 Å². The number of nitrogens with zero attached hydrogens (tertiary/aromatic N) is 3. The Morgan fingerprint density at radius 2 is 2.09 bits per heavy atom. The summed E-state index contributed by atoms with van der Waals surface area (Å²) < 4.78 is 5.41. The van der Waals surface area contributed by atoms with Crippen molar-refractivity contribution in [1.82, 2.24) is 19.9 Å². The largest absolute Gasteiger partial charge is 0.377 e. The Morgan fingerprint density at radius 1 is 1.18 bits per heavy atom.